The quantitative estimate of drug-likeness (QED) is 0.832. The van der Waals surface area contributed by atoms with Gasteiger partial charge in [0.1, 0.15) is 5.00 Å². The molecular weight excluding hydrogens is 252 g/mol. The van der Waals surface area contributed by atoms with Gasteiger partial charge >= 0.3 is 5.97 Å². The lowest BCUT2D eigenvalue weighted by Crippen LogP contribution is -2.27. The molecule has 0 radical (unpaired) electrons. The number of hydrogen-bond donors (Lipinski definition) is 1. The molecule has 0 aromatic carbocycles. The number of carbonyl (C=O) groups excluding carboxylic acids is 1. The van der Waals surface area contributed by atoms with E-state index in [1.165, 1.54) is 17.8 Å². The molecular formula is C12H18N2O3S. The maximum atomic E-state index is 11.6. The SMILES string of the molecule is CCOC(=O)c1ncsc1NCC1CCCCO1. The Kier molecular flexibility index (Phi) is 4.95. The summed E-state index contributed by atoms with van der Waals surface area (Å²) < 4.78 is 10.6. The minimum absolute atomic E-state index is 0.232. The Morgan fingerprint density at radius 2 is 2.56 bits per heavy atom. The van der Waals surface area contributed by atoms with Crippen LogP contribution in [0.3, 0.4) is 0 Å². The molecule has 1 aromatic rings. The molecule has 0 aliphatic carbocycles. The van der Waals surface area contributed by atoms with Crippen molar-refractivity contribution in [3.63, 3.8) is 0 Å². The van der Waals surface area contributed by atoms with Gasteiger partial charge in [0, 0.05) is 13.2 Å². The highest BCUT2D eigenvalue weighted by molar-refractivity contribution is 7.14. The van der Waals surface area contributed by atoms with Crippen LogP contribution in [0, 0.1) is 0 Å². The Labute approximate surface area is 111 Å². The summed E-state index contributed by atoms with van der Waals surface area (Å²) in [5, 5.41) is 4.00. The molecule has 1 aromatic heterocycles. The zero-order valence-corrected chi connectivity index (χ0v) is 11.3. The fourth-order valence-electron chi connectivity index (χ4n) is 1.89. The molecule has 18 heavy (non-hydrogen) atoms. The van der Waals surface area contributed by atoms with E-state index in [9.17, 15) is 4.79 Å². The monoisotopic (exact) mass is 270 g/mol. The molecule has 5 nitrogen and oxygen atoms in total. The molecule has 0 bridgehead atoms. The van der Waals surface area contributed by atoms with Crippen LogP contribution in [0.25, 0.3) is 0 Å². The van der Waals surface area contributed by atoms with Crippen LogP contribution in [0.5, 0.6) is 0 Å². The summed E-state index contributed by atoms with van der Waals surface area (Å²) in [5.74, 6) is -0.370. The van der Waals surface area contributed by atoms with Crippen molar-refractivity contribution in [1.82, 2.24) is 4.98 Å². The van der Waals surface area contributed by atoms with Crippen LogP contribution in [0.4, 0.5) is 5.00 Å². The van der Waals surface area contributed by atoms with Crippen molar-refractivity contribution in [2.75, 3.05) is 25.1 Å². The lowest BCUT2D eigenvalue weighted by molar-refractivity contribution is 0.0247. The summed E-state index contributed by atoms with van der Waals surface area (Å²) >= 11 is 1.41. The first-order chi connectivity index (χ1) is 8.81. The second-order valence-corrected chi connectivity index (χ2v) is 4.97. The third kappa shape index (κ3) is 3.43. The molecule has 2 heterocycles. The van der Waals surface area contributed by atoms with E-state index in [2.05, 4.69) is 10.3 Å². The number of hydrogen-bond acceptors (Lipinski definition) is 6. The lowest BCUT2D eigenvalue weighted by atomic mass is 10.1. The standard InChI is InChI=1S/C12H18N2O3S/c1-2-16-12(15)10-11(18-8-14-10)13-7-9-5-3-4-6-17-9/h8-9,13H,2-7H2,1H3. The first-order valence-electron chi connectivity index (χ1n) is 6.27. The number of carbonyl (C=O) groups is 1. The first-order valence-corrected chi connectivity index (χ1v) is 7.15. The van der Waals surface area contributed by atoms with Crippen LogP contribution >= 0.6 is 11.3 Å². The van der Waals surface area contributed by atoms with Crippen LogP contribution in [0.15, 0.2) is 5.51 Å². The molecule has 2 rings (SSSR count). The van der Waals surface area contributed by atoms with Crippen molar-refractivity contribution in [2.24, 2.45) is 0 Å². The van der Waals surface area contributed by atoms with Gasteiger partial charge in [0.05, 0.1) is 18.2 Å². The number of ether oxygens (including phenoxy) is 2. The van der Waals surface area contributed by atoms with Crippen molar-refractivity contribution in [3.8, 4) is 0 Å². The largest absolute Gasteiger partial charge is 0.461 e. The van der Waals surface area contributed by atoms with Crippen molar-refractivity contribution >= 4 is 22.3 Å². The van der Waals surface area contributed by atoms with Crippen molar-refractivity contribution < 1.29 is 14.3 Å². The fraction of sp³-hybridized carbons (Fsp3) is 0.667. The molecule has 6 heteroatoms. The average molecular weight is 270 g/mol. The van der Waals surface area contributed by atoms with Crippen molar-refractivity contribution in [3.05, 3.63) is 11.2 Å². The zero-order chi connectivity index (χ0) is 12.8. The Balaban J connectivity index is 1.88. The molecule has 1 saturated heterocycles. The number of nitrogens with zero attached hydrogens (tertiary/aromatic N) is 1. The molecule has 100 valence electrons. The minimum Gasteiger partial charge on any atom is -0.461 e. The van der Waals surface area contributed by atoms with Crippen LogP contribution in [-0.4, -0.2) is 36.8 Å². The van der Waals surface area contributed by atoms with E-state index in [1.807, 2.05) is 0 Å². The van der Waals surface area contributed by atoms with E-state index in [-0.39, 0.29) is 12.1 Å². The van der Waals surface area contributed by atoms with Crippen LogP contribution in [0.1, 0.15) is 36.7 Å². The van der Waals surface area contributed by atoms with Gasteiger partial charge in [0.2, 0.25) is 0 Å². The molecule has 0 spiro atoms. The molecule has 1 unspecified atom stereocenters. The third-order valence-electron chi connectivity index (χ3n) is 2.80. The first kappa shape index (κ1) is 13.3. The highest BCUT2D eigenvalue weighted by Gasteiger charge is 2.18. The molecule has 1 atom stereocenters. The average Bonchev–Trinajstić information content (AvgIpc) is 2.86. The van der Waals surface area contributed by atoms with E-state index in [4.69, 9.17) is 9.47 Å². The molecule has 1 aliphatic heterocycles. The van der Waals surface area contributed by atoms with E-state index in [1.54, 1.807) is 12.4 Å². The number of thiazole rings is 1. The summed E-state index contributed by atoms with van der Waals surface area (Å²) in [4.78, 5) is 15.7. The Morgan fingerprint density at radius 1 is 1.67 bits per heavy atom. The fourth-order valence-corrected chi connectivity index (χ4v) is 2.57. The van der Waals surface area contributed by atoms with Crippen LogP contribution < -0.4 is 5.32 Å². The summed E-state index contributed by atoms with van der Waals surface area (Å²) in [6, 6.07) is 0. The second kappa shape index (κ2) is 6.70. The van der Waals surface area contributed by atoms with Gasteiger partial charge in [-0.2, -0.15) is 0 Å². The molecule has 1 aliphatic rings. The van der Waals surface area contributed by atoms with Crippen molar-refractivity contribution in [2.45, 2.75) is 32.3 Å². The van der Waals surface area contributed by atoms with Crippen LogP contribution in [0.2, 0.25) is 0 Å². The number of nitrogens with one attached hydrogen (secondary N) is 1. The number of esters is 1. The van der Waals surface area contributed by atoms with Crippen LogP contribution in [-0.2, 0) is 9.47 Å². The third-order valence-corrected chi connectivity index (χ3v) is 3.58. The highest BCUT2D eigenvalue weighted by atomic mass is 32.1. The Hall–Kier alpha value is -1.14. The van der Waals surface area contributed by atoms with Gasteiger partial charge in [-0.1, -0.05) is 0 Å². The van der Waals surface area contributed by atoms with E-state index in [0.717, 1.165) is 24.4 Å². The molecule has 1 N–H and O–H groups in total. The van der Waals surface area contributed by atoms with Gasteiger partial charge < -0.3 is 14.8 Å². The molecule has 1 fully saturated rings. The van der Waals surface area contributed by atoms with E-state index in [0.29, 0.717) is 18.8 Å². The Bertz CT molecular complexity index is 388. The van der Waals surface area contributed by atoms with Gasteiger partial charge in [0.15, 0.2) is 5.69 Å². The highest BCUT2D eigenvalue weighted by Crippen LogP contribution is 2.22. The lowest BCUT2D eigenvalue weighted by Gasteiger charge is -2.22. The smallest absolute Gasteiger partial charge is 0.360 e. The van der Waals surface area contributed by atoms with Gasteiger partial charge in [-0.05, 0) is 26.2 Å². The summed E-state index contributed by atoms with van der Waals surface area (Å²) in [6.45, 7) is 3.70. The normalized spacial score (nSPS) is 19.5. The van der Waals surface area contributed by atoms with Crippen molar-refractivity contribution in [1.29, 1.82) is 0 Å². The minimum atomic E-state index is -0.370. The maximum absolute atomic E-state index is 11.6. The predicted octanol–water partition coefficient (Wildman–Crippen LogP) is 2.30. The van der Waals surface area contributed by atoms with E-state index < -0.39 is 0 Å². The number of aromatic nitrogens is 1. The van der Waals surface area contributed by atoms with Gasteiger partial charge in [-0.3, -0.25) is 0 Å². The summed E-state index contributed by atoms with van der Waals surface area (Å²) in [6.07, 6.45) is 3.65. The number of anilines is 1. The number of rotatable bonds is 5. The van der Waals surface area contributed by atoms with Gasteiger partial charge in [0.25, 0.3) is 0 Å². The summed E-state index contributed by atoms with van der Waals surface area (Å²) in [7, 11) is 0. The second-order valence-electron chi connectivity index (χ2n) is 4.12. The molecule has 0 amide bonds. The predicted molar refractivity (Wildman–Crippen MR) is 70.2 cm³/mol. The van der Waals surface area contributed by atoms with E-state index >= 15 is 0 Å². The maximum Gasteiger partial charge on any atom is 0.360 e. The van der Waals surface area contributed by atoms with Gasteiger partial charge in [-0.25, -0.2) is 9.78 Å². The summed E-state index contributed by atoms with van der Waals surface area (Å²) in [5.41, 5.74) is 2.02. The topological polar surface area (TPSA) is 60.5 Å². The van der Waals surface area contributed by atoms with Gasteiger partial charge in [-0.15, -0.1) is 11.3 Å². The zero-order valence-electron chi connectivity index (χ0n) is 10.5. The molecule has 0 saturated carbocycles. The Morgan fingerprint density at radius 3 is 3.28 bits per heavy atom.